The highest BCUT2D eigenvalue weighted by Crippen LogP contribution is 2.37. The molecule has 2 fully saturated rings. The predicted molar refractivity (Wildman–Crippen MR) is 103 cm³/mol. The van der Waals surface area contributed by atoms with Crippen LogP contribution in [0.3, 0.4) is 0 Å². The summed E-state index contributed by atoms with van der Waals surface area (Å²) in [5.74, 6) is 1.25. The van der Waals surface area contributed by atoms with Gasteiger partial charge in [0.05, 0.1) is 0 Å². The highest BCUT2D eigenvalue weighted by Gasteiger charge is 2.39. The van der Waals surface area contributed by atoms with Crippen LogP contribution in [0.4, 0.5) is 4.79 Å². The van der Waals surface area contributed by atoms with Crippen molar-refractivity contribution < 1.29 is 9.53 Å². The van der Waals surface area contributed by atoms with Gasteiger partial charge in [0.2, 0.25) is 0 Å². The van der Waals surface area contributed by atoms with Crippen LogP contribution < -0.4 is 10.6 Å². The van der Waals surface area contributed by atoms with Gasteiger partial charge in [-0.2, -0.15) is 0 Å². The van der Waals surface area contributed by atoms with Crippen LogP contribution in [-0.2, 0) is 11.2 Å². The van der Waals surface area contributed by atoms with Crippen molar-refractivity contribution >= 4 is 6.09 Å². The highest BCUT2D eigenvalue weighted by atomic mass is 16.6. The number of carbonyl (C=O) groups excluding carboxylic acids is 1. The number of benzene rings is 1. The molecule has 0 radical (unpaired) electrons. The minimum absolute atomic E-state index is 0.263. The maximum atomic E-state index is 11.8. The van der Waals surface area contributed by atoms with E-state index in [1.165, 1.54) is 18.4 Å². The zero-order chi connectivity index (χ0) is 18.3. The van der Waals surface area contributed by atoms with Crippen molar-refractivity contribution in [2.24, 2.45) is 11.8 Å². The molecule has 1 aromatic rings. The summed E-state index contributed by atoms with van der Waals surface area (Å²) < 4.78 is 5.34. The van der Waals surface area contributed by atoms with Crippen molar-refractivity contribution in [3.05, 3.63) is 35.9 Å². The Morgan fingerprint density at radius 1 is 1.20 bits per heavy atom. The lowest BCUT2D eigenvalue weighted by Crippen LogP contribution is -2.45. The smallest absolute Gasteiger partial charge is 0.407 e. The van der Waals surface area contributed by atoms with E-state index in [2.05, 4.69) is 41.8 Å². The molecule has 4 heteroatoms. The second-order valence-corrected chi connectivity index (χ2v) is 8.10. The molecule has 2 aliphatic rings. The first-order chi connectivity index (χ1) is 11.9. The molecule has 1 heterocycles. The van der Waals surface area contributed by atoms with Crippen molar-refractivity contribution in [3.8, 4) is 0 Å². The molecule has 1 aliphatic carbocycles. The predicted octanol–water partition coefficient (Wildman–Crippen LogP) is 4.15. The first-order valence-corrected chi connectivity index (χ1v) is 9.63. The molecule has 25 heavy (non-hydrogen) atoms. The van der Waals surface area contributed by atoms with E-state index in [-0.39, 0.29) is 6.09 Å². The number of alkyl carbamates (subject to hydrolysis) is 1. The monoisotopic (exact) mass is 346 g/mol. The van der Waals surface area contributed by atoms with E-state index in [4.69, 9.17) is 4.74 Å². The number of hydrogen-bond donors (Lipinski definition) is 2. The van der Waals surface area contributed by atoms with E-state index in [9.17, 15) is 4.79 Å². The summed E-state index contributed by atoms with van der Waals surface area (Å²) in [6, 6.07) is 10.8. The van der Waals surface area contributed by atoms with Gasteiger partial charge in [0.15, 0.2) is 0 Å². The van der Waals surface area contributed by atoms with Crippen LogP contribution in [-0.4, -0.2) is 30.8 Å². The number of amides is 1. The Bertz CT molecular complexity index is 514. The van der Waals surface area contributed by atoms with Crippen molar-refractivity contribution in [1.29, 1.82) is 0 Å². The van der Waals surface area contributed by atoms with E-state index in [0.717, 1.165) is 25.9 Å². The quantitative estimate of drug-likeness (QED) is 0.861. The van der Waals surface area contributed by atoms with Gasteiger partial charge in [-0.1, -0.05) is 37.3 Å². The van der Waals surface area contributed by atoms with Gasteiger partial charge in [-0.15, -0.1) is 0 Å². The lowest BCUT2D eigenvalue weighted by atomic mass is 9.95. The summed E-state index contributed by atoms with van der Waals surface area (Å²) in [5, 5.41) is 6.44. The average molecular weight is 347 g/mol. The van der Waals surface area contributed by atoms with Crippen LogP contribution in [0.2, 0.25) is 0 Å². The fraction of sp³-hybridized carbons (Fsp3) is 0.667. The molecule has 3 rings (SSSR count). The first-order valence-electron chi connectivity index (χ1n) is 9.63. The minimum atomic E-state index is -0.411. The summed E-state index contributed by atoms with van der Waals surface area (Å²) in [4.78, 5) is 11.8. The van der Waals surface area contributed by atoms with E-state index < -0.39 is 5.60 Å². The van der Waals surface area contributed by atoms with Crippen molar-refractivity contribution in [2.75, 3.05) is 13.1 Å². The van der Waals surface area contributed by atoms with Gasteiger partial charge in [-0.05, 0) is 76.9 Å². The number of aryl methyl sites for hydroxylation is 1. The molecule has 1 saturated heterocycles. The zero-order valence-electron chi connectivity index (χ0n) is 16.2. The summed E-state index contributed by atoms with van der Waals surface area (Å²) in [7, 11) is 0. The Balaban J connectivity index is 0.000000236. The average Bonchev–Trinajstić information content (AvgIpc) is 3.26. The second-order valence-electron chi connectivity index (χ2n) is 8.10. The summed E-state index contributed by atoms with van der Waals surface area (Å²) in [5.41, 5.74) is 0.999. The molecule has 2 N–H and O–H groups in total. The molecule has 1 amide bonds. The highest BCUT2D eigenvalue weighted by molar-refractivity contribution is 5.68. The number of ether oxygens (including phenoxy) is 1. The third kappa shape index (κ3) is 7.47. The molecule has 0 aromatic heterocycles. The molecule has 2 unspecified atom stereocenters. The maximum absolute atomic E-state index is 11.8. The summed E-state index contributed by atoms with van der Waals surface area (Å²) >= 11 is 0. The Labute approximate surface area is 152 Å². The van der Waals surface area contributed by atoms with Crippen LogP contribution in [0.5, 0.6) is 0 Å². The van der Waals surface area contributed by atoms with Gasteiger partial charge in [-0.25, -0.2) is 4.79 Å². The molecular weight excluding hydrogens is 312 g/mol. The molecule has 1 aliphatic heterocycles. The van der Waals surface area contributed by atoms with E-state index in [0.29, 0.717) is 17.9 Å². The summed E-state index contributed by atoms with van der Waals surface area (Å²) in [6.45, 7) is 9.96. The molecule has 0 spiro atoms. The molecule has 2 atom stereocenters. The van der Waals surface area contributed by atoms with Gasteiger partial charge in [0.25, 0.3) is 0 Å². The van der Waals surface area contributed by atoms with Crippen molar-refractivity contribution in [2.45, 2.75) is 65.0 Å². The zero-order valence-corrected chi connectivity index (χ0v) is 16.2. The van der Waals surface area contributed by atoms with Gasteiger partial charge in [0.1, 0.15) is 5.60 Å². The number of carbonyl (C=O) groups is 1. The lowest BCUT2D eigenvalue weighted by molar-refractivity contribution is 0.0479. The second kappa shape index (κ2) is 9.23. The molecule has 4 nitrogen and oxygen atoms in total. The number of rotatable bonds is 4. The number of hydrogen-bond acceptors (Lipinski definition) is 3. The molecule has 140 valence electrons. The number of nitrogens with one attached hydrogen (secondary N) is 2. The van der Waals surface area contributed by atoms with Gasteiger partial charge in [0, 0.05) is 6.04 Å². The molecular formula is C21H34N2O2. The van der Waals surface area contributed by atoms with Crippen LogP contribution in [0.25, 0.3) is 0 Å². The summed E-state index contributed by atoms with van der Waals surface area (Å²) in [6.07, 6.45) is 4.53. The van der Waals surface area contributed by atoms with Crippen LogP contribution in [0.1, 0.15) is 52.5 Å². The van der Waals surface area contributed by atoms with Crippen LogP contribution in [0.15, 0.2) is 30.3 Å². The maximum Gasteiger partial charge on any atom is 0.407 e. The van der Waals surface area contributed by atoms with Gasteiger partial charge >= 0.3 is 6.09 Å². The fourth-order valence-electron chi connectivity index (χ4n) is 3.22. The third-order valence-corrected chi connectivity index (χ3v) is 4.67. The lowest BCUT2D eigenvalue weighted by Gasteiger charge is -2.26. The Morgan fingerprint density at radius 2 is 1.88 bits per heavy atom. The topological polar surface area (TPSA) is 50.4 Å². The third-order valence-electron chi connectivity index (χ3n) is 4.67. The minimum Gasteiger partial charge on any atom is -0.444 e. The molecule has 1 aromatic carbocycles. The fourth-order valence-corrected chi connectivity index (χ4v) is 3.22. The Morgan fingerprint density at radius 3 is 2.32 bits per heavy atom. The van der Waals surface area contributed by atoms with Crippen molar-refractivity contribution in [1.82, 2.24) is 10.6 Å². The largest absolute Gasteiger partial charge is 0.444 e. The van der Waals surface area contributed by atoms with Gasteiger partial charge in [-0.3, -0.25) is 0 Å². The Hall–Kier alpha value is -1.55. The first kappa shape index (κ1) is 19.8. The molecule has 0 bridgehead atoms. The standard InChI is InChI=1S/C13H24N2O2.C8H10/c1-13(2,3)17-12(16)15-11(9-4-5-9)10-6-7-14-8-10;1-2-8-6-4-3-5-7-8/h9-11,14H,4-8H2,1-3H3,(H,15,16);3-7H,2H2,1H3. The Kier molecular flexibility index (Phi) is 7.30. The van der Waals surface area contributed by atoms with Crippen LogP contribution in [0, 0.1) is 11.8 Å². The van der Waals surface area contributed by atoms with Crippen molar-refractivity contribution in [3.63, 3.8) is 0 Å². The normalized spacial score (nSPS) is 21.0. The van der Waals surface area contributed by atoms with E-state index in [1.54, 1.807) is 0 Å². The van der Waals surface area contributed by atoms with E-state index >= 15 is 0 Å². The van der Waals surface area contributed by atoms with Gasteiger partial charge < -0.3 is 15.4 Å². The molecule has 1 saturated carbocycles. The SMILES string of the molecule is CC(C)(C)OC(=O)NC(C1CC1)C1CCNC1.CCc1ccccc1. The van der Waals surface area contributed by atoms with Crippen LogP contribution >= 0.6 is 0 Å². The van der Waals surface area contributed by atoms with E-state index in [1.807, 2.05) is 26.8 Å².